The monoisotopic (exact) mass is 450 g/mol. The van der Waals surface area contributed by atoms with Gasteiger partial charge in [0.2, 0.25) is 17.7 Å². The molecule has 31 heavy (non-hydrogen) atoms. The van der Waals surface area contributed by atoms with E-state index < -0.39 is 6.04 Å². The quantitative estimate of drug-likeness (QED) is 0.286. The molecular weight excluding hydrogens is 416 g/mol. The Labute approximate surface area is 189 Å². The van der Waals surface area contributed by atoms with Crippen molar-refractivity contribution in [2.45, 2.75) is 70.3 Å². The van der Waals surface area contributed by atoms with Crippen molar-refractivity contribution >= 4 is 40.7 Å². The van der Waals surface area contributed by atoms with Crippen molar-refractivity contribution in [3.05, 3.63) is 24.3 Å². The van der Waals surface area contributed by atoms with Crippen molar-refractivity contribution in [2.75, 3.05) is 23.1 Å². The van der Waals surface area contributed by atoms with E-state index in [-0.39, 0.29) is 23.6 Å². The first-order valence-corrected chi connectivity index (χ1v) is 11.8. The maximum absolute atomic E-state index is 12.9. The molecule has 0 heterocycles. The van der Waals surface area contributed by atoms with Crippen LogP contribution in [0.4, 0.5) is 11.4 Å². The summed E-state index contributed by atoms with van der Waals surface area (Å²) in [5.41, 5.74) is 6.66. The highest BCUT2D eigenvalue weighted by molar-refractivity contribution is 6.29. The van der Waals surface area contributed by atoms with Crippen LogP contribution in [0.2, 0.25) is 0 Å². The Bertz CT molecular complexity index is 723. The number of benzene rings is 1. The van der Waals surface area contributed by atoms with Gasteiger partial charge in [-0.3, -0.25) is 14.4 Å². The second kappa shape index (κ2) is 14.0. The summed E-state index contributed by atoms with van der Waals surface area (Å²) >= 11 is 5.52. The highest BCUT2D eigenvalue weighted by Gasteiger charge is 2.22. The lowest BCUT2D eigenvalue weighted by atomic mass is 9.86. The molecule has 1 aliphatic rings. The Morgan fingerprint density at radius 2 is 1.74 bits per heavy atom. The number of hydrogen-bond acceptors (Lipinski definition) is 4. The zero-order chi connectivity index (χ0) is 22.5. The van der Waals surface area contributed by atoms with Gasteiger partial charge in [-0.1, -0.05) is 38.2 Å². The van der Waals surface area contributed by atoms with Gasteiger partial charge in [0, 0.05) is 17.8 Å². The molecule has 1 fully saturated rings. The number of carbonyl (C=O) groups excluding carboxylic acids is 3. The number of halogens is 1. The Kier molecular flexibility index (Phi) is 11.4. The summed E-state index contributed by atoms with van der Waals surface area (Å²) in [5, 5.41) is 8.41. The smallest absolute Gasteiger partial charge is 0.246 e. The largest absolute Gasteiger partial charge is 0.344 e. The summed E-state index contributed by atoms with van der Waals surface area (Å²) in [7, 11) is 0. The molecule has 3 amide bonds. The Hall–Kier alpha value is -2.12. The standard InChI is InChI=1S/C23H35ClN4O3/c24-16-22(30)26-18-9-6-10-19(15-18)27-23(31)20(11-4-5-14-25)28-21(29)13-12-17-7-2-1-3-8-17/h6,9-10,15,17,20H,1-5,7-8,11-14,16,25H2,(H,26,30)(H,27,31)(H,28,29). The maximum atomic E-state index is 12.9. The van der Waals surface area contributed by atoms with Gasteiger partial charge in [0.05, 0.1) is 0 Å². The summed E-state index contributed by atoms with van der Waals surface area (Å²) in [5.74, 6) is -0.206. The van der Waals surface area contributed by atoms with Crippen molar-refractivity contribution in [3.8, 4) is 0 Å². The van der Waals surface area contributed by atoms with Crippen molar-refractivity contribution in [1.29, 1.82) is 0 Å². The molecule has 1 aromatic rings. The van der Waals surface area contributed by atoms with Gasteiger partial charge in [0.15, 0.2) is 0 Å². The third-order valence-corrected chi connectivity index (χ3v) is 5.88. The molecule has 7 nitrogen and oxygen atoms in total. The number of carbonyl (C=O) groups is 3. The fourth-order valence-electron chi connectivity index (χ4n) is 3.94. The normalized spacial score (nSPS) is 15.2. The minimum absolute atomic E-state index is 0.0819. The first kappa shape index (κ1) is 25.1. The zero-order valence-corrected chi connectivity index (χ0v) is 18.9. The molecule has 0 aliphatic heterocycles. The van der Waals surface area contributed by atoms with Gasteiger partial charge in [-0.25, -0.2) is 0 Å². The molecule has 0 spiro atoms. The van der Waals surface area contributed by atoms with E-state index in [4.69, 9.17) is 17.3 Å². The molecule has 0 bridgehead atoms. The fourth-order valence-corrected chi connectivity index (χ4v) is 4.00. The molecule has 1 aliphatic carbocycles. The van der Waals surface area contributed by atoms with Crippen LogP contribution in [0.1, 0.15) is 64.2 Å². The third kappa shape index (κ3) is 9.70. The predicted octanol–water partition coefficient (Wildman–Crippen LogP) is 3.78. The van der Waals surface area contributed by atoms with Gasteiger partial charge in [-0.2, -0.15) is 0 Å². The highest BCUT2D eigenvalue weighted by atomic mass is 35.5. The van der Waals surface area contributed by atoms with Crippen LogP contribution in [-0.4, -0.2) is 36.2 Å². The minimum Gasteiger partial charge on any atom is -0.344 e. The molecule has 2 rings (SSSR count). The second-order valence-electron chi connectivity index (χ2n) is 8.20. The molecule has 1 atom stereocenters. The molecular formula is C23H35ClN4O3. The van der Waals surface area contributed by atoms with E-state index in [0.717, 1.165) is 19.3 Å². The fraction of sp³-hybridized carbons (Fsp3) is 0.609. The van der Waals surface area contributed by atoms with Crippen LogP contribution in [-0.2, 0) is 14.4 Å². The molecule has 1 aromatic carbocycles. The zero-order valence-electron chi connectivity index (χ0n) is 18.1. The average molecular weight is 451 g/mol. The van der Waals surface area contributed by atoms with Crippen LogP contribution >= 0.6 is 11.6 Å². The Balaban J connectivity index is 1.92. The number of anilines is 2. The summed E-state index contributed by atoms with van der Waals surface area (Å²) in [4.78, 5) is 36.9. The third-order valence-electron chi connectivity index (χ3n) is 5.64. The lowest BCUT2D eigenvalue weighted by Gasteiger charge is -2.22. The van der Waals surface area contributed by atoms with Gasteiger partial charge in [-0.15, -0.1) is 11.6 Å². The van der Waals surface area contributed by atoms with Crippen molar-refractivity contribution < 1.29 is 14.4 Å². The van der Waals surface area contributed by atoms with Crippen molar-refractivity contribution in [3.63, 3.8) is 0 Å². The van der Waals surface area contributed by atoms with Crippen LogP contribution in [0, 0.1) is 5.92 Å². The van der Waals surface area contributed by atoms with E-state index in [1.807, 2.05) is 0 Å². The first-order chi connectivity index (χ1) is 15.0. The van der Waals surface area contributed by atoms with E-state index in [1.54, 1.807) is 24.3 Å². The predicted molar refractivity (Wildman–Crippen MR) is 125 cm³/mol. The van der Waals surface area contributed by atoms with Crippen LogP contribution < -0.4 is 21.7 Å². The number of alkyl halides is 1. The summed E-state index contributed by atoms with van der Waals surface area (Å²) < 4.78 is 0. The SMILES string of the molecule is NCCCCC(NC(=O)CCC1CCCCC1)C(=O)Nc1cccc(NC(=O)CCl)c1. The number of rotatable bonds is 12. The minimum atomic E-state index is -0.619. The number of nitrogens with one attached hydrogen (secondary N) is 3. The van der Waals surface area contributed by atoms with Gasteiger partial charge in [0.25, 0.3) is 0 Å². The molecule has 0 saturated heterocycles. The van der Waals surface area contributed by atoms with E-state index in [9.17, 15) is 14.4 Å². The second-order valence-corrected chi connectivity index (χ2v) is 8.47. The van der Waals surface area contributed by atoms with Gasteiger partial charge >= 0.3 is 0 Å². The van der Waals surface area contributed by atoms with E-state index in [0.29, 0.717) is 36.7 Å². The van der Waals surface area contributed by atoms with Crippen LogP contribution in [0.15, 0.2) is 24.3 Å². The number of nitrogens with two attached hydrogens (primary N) is 1. The highest BCUT2D eigenvalue weighted by Crippen LogP contribution is 2.27. The van der Waals surface area contributed by atoms with E-state index >= 15 is 0 Å². The molecule has 172 valence electrons. The molecule has 0 aromatic heterocycles. The van der Waals surface area contributed by atoms with E-state index in [2.05, 4.69) is 16.0 Å². The number of hydrogen-bond donors (Lipinski definition) is 4. The first-order valence-electron chi connectivity index (χ1n) is 11.3. The summed E-state index contributed by atoms with van der Waals surface area (Å²) in [6.45, 7) is 0.548. The molecule has 1 unspecified atom stereocenters. The lowest BCUT2D eigenvalue weighted by Crippen LogP contribution is -2.44. The summed E-state index contributed by atoms with van der Waals surface area (Å²) in [6.07, 6.45) is 9.60. The molecule has 0 radical (unpaired) electrons. The van der Waals surface area contributed by atoms with Crippen molar-refractivity contribution in [2.24, 2.45) is 11.7 Å². The van der Waals surface area contributed by atoms with E-state index in [1.165, 1.54) is 32.1 Å². The van der Waals surface area contributed by atoms with Crippen LogP contribution in [0.25, 0.3) is 0 Å². The molecule has 1 saturated carbocycles. The van der Waals surface area contributed by atoms with Gasteiger partial charge < -0.3 is 21.7 Å². The average Bonchev–Trinajstić information content (AvgIpc) is 2.78. The number of amides is 3. The van der Waals surface area contributed by atoms with Gasteiger partial charge in [0.1, 0.15) is 11.9 Å². The van der Waals surface area contributed by atoms with Crippen molar-refractivity contribution in [1.82, 2.24) is 5.32 Å². The van der Waals surface area contributed by atoms with Crippen LogP contribution in [0.3, 0.4) is 0 Å². The van der Waals surface area contributed by atoms with Crippen LogP contribution in [0.5, 0.6) is 0 Å². The Morgan fingerprint density at radius 3 is 2.42 bits per heavy atom. The Morgan fingerprint density at radius 1 is 1.03 bits per heavy atom. The van der Waals surface area contributed by atoms with Gasteiger partial charge in [-0.05, 0) is 56.3 Å². The molecule has 5 N–H and O–H groups in total. The molecule has 8 heteroatoms. The topological polar surface area (TPSA) is 113 Å². The summed E-state index contributed by atoms with van der Waals surface area (Å²) in [6, 6.07) is 6.21. The number of unbranched alkanes of at least 4 members (excludes halogenated alkanes) is 1. The lowest BCUT2D eigenvalue weighted by molar-refractivity contribution is -0.126. The maximum Gasteiger partial charge on any atom is 0.246 e.